The van der Waals surface area contributed by atoms with Crippen molar-refractivity contribution in [1.29, 1.82) is 0 Å². The zero-order valence-electron chi connectivity index (χ0n) is 11.7. The summed E-state index contributed by atoms with van der Waals surface area (Å²) < 4.78 is 0. The van der Waals surface area contributed by atoms with Gasteiger partial charge in [0.25, 0.3) is 0 Å². The summed E-state index contributed by atoms with van der Waals surface area (Å²) in [4.78, 5) is 0. The fourth-order valence-electron chi connectivity index (χ4n) is 2.61. The molecule has 1 fully saturated rings. The van der Waals surface area contributed by atoms with Crippen molar-refractivity contribution in [3.05, 3.63) is 35.4 Å². The second kappa shape index (κ2) is 6.35. The first-order valence-corrected chi connectivity index (χ1v) is 7.23. The molecule has 2 rings (SSSR count). The van der Waals surface area contributed by atoms with Gasteiger partial charge in [0.2, 0.25) is 0 Å². The molecule has 0 bridgehead atoms. The molecule has 0 spiro atoms. The molecule has 2 nitrogen and oxygen atoms in total. The molecule has 0 heterocycles. The van der Waals surface area contributed by atoms with E-state index in [2.05, 4.69) is 43.4 Å². The summed E-state index contributed by atoms with van der Waals surface area (Å²) in [5.74, 6) is 0.617. The van der Waals surface area contributed by atoms with Crippen LogP contribution in [-0.2, 0) is 6.54 Å². The summed E-state index contributed by atoms with van der Waals surface area (Å²) in [5.41, 5.74) is 8.72. The maximum absolute atomic E-state index is 5.92. The molecule has 1 aliphatic carbocycles. The van der Waals surface area contributed by atoms with Crippen molar-refractivity contribution in [3.8, 4) is 0 Å². The van der Waals surface area contributed by atoms with Crippen molar-refractivity contribution in [1.82, 2.24) is 5.32 Å². The van der Waals surface area contributed by atoms with Gasteiger partial charge in [0.05, 0.1) is 0 Å². The molecule has 18 heavy (non-hydrogen) atoms. The van der Waals surface area contributed by atoms with Crippen LogP contribution in [-0.4, -0.2) is 12.1 Å². The van der Waals surface area contributed by atoms with Gasteiger partial charge in [-0.05, 0) is 42.7 Å². The second-order valence-corrected chi connectivity index (χ2v) is 5.89. The number of nitrogens with one attached hydrogen (secondary N) is 1. The Labute approximate surface area is 111 Å². The average Bonchev–Trinajstić information content (AvgIpc) is 2.38. The number of benzene rings is 1. The normalized spacial score (nSPS) is 24.4. The second-order valence-electron chi connectivity index (χ2n) is 5.89. The summed E-state index contributed by atoms with van der Waals surface area (Å²) in [6, 6.07) is 10.1. The Morgan fingerprint density at radius 2 is 1.72 bits per heavy atom. The summed E-state index contributed by atoms with van der Waals surface area (Å²) >= 11 is 0. The highest BCUT2D eigenvalue weighted by atomic mass is 14.9. The molecule has 3 N–H and O–H groups in total. The highest BCUT2D eigenvalue weighted by Gasteiger charge is 2.17. The van der Waals surface area contributed by atoms with Gasteiger partial charge in [-0.25, -0.2) is 0 Å². The van der Waals surface area contributed by atoms with E-state index in [1.54, 1.807) is 0 Å². The highest BCUT2D eigenvalue weighted by Crippen LogP contribution is 2.18. The van der Waals surface area contributed by atoms with E-state index in [4.69, 9.17) is 5.73 Å². The van der Waals surface area contributed by atoms with Crippen LogP contribution in [0.3, 0.4) is 0 Å². The Hall–Kier alpha value is -0.860. The van der Waals surface area contributed by atoms with E-state index in [-0.39, 0.29) is 0 Å². The van der Waals surface area contributed by atoms with Crippen LogP contribution in [0, 0.1) is 0 Å². The molecule has 0 aromatic heterocycles. The first-order valence-electron chi connectivity index (χ1n) is 7.23. The van der Waals surface area contributed by atoms with Crippen LogP contribution in [0.15, 0.2) is 24.3 Å². The van der Waals surface area contributed by atoms with Crippen LogP contribution in [0.4, 0.5) is 0 Å². The minimum Gasteiger partial charge on any atom is -0.328 e. The molecular weight excluding hydrogens is 220 g/mol. The van der Waals surface area contributed by atoms with Crippen molar-refractivity contribution in [3.63, 3.8) is 0 Å². The van der Waals surface area contributed by atoms with Crippen molar-refractivity contribution >= 4 is 0 Å². The number of hydrogen-bond acceptors (Lipinski definition) is 2. The summed E-state index contributed by atoms with van der Waals surface area (Å²) in [5, 5.41) is 3.65. The quantitative estimate of drug-likeness (QED) is 0.856. The number of rotatable bonds is 4. The van der Waals surface area contributed by atoms with Crippen LogP contribution >= 0.6 is 0 Å². The summed E-state index contributed by atoms with van der Waals surface area (Å²) in [7, 11) is 0. The molecule has 2 heteroatoms. The third kappa shape index (κ3) is 3.82. The SMILES string of the molecule is CC(C)c1ccc(CNC2CCC(N)CC2)cc1. The molecular formula is C16H26N2. The van der Waals surface area contributed by atoms with E-state index in [1.807, 2.05) is 0 Å². The molecule has 100 valence electrons. The monoisotopic (exact) mass is 246 g/mol. The maximum atomic E-state index is 5.92. The molecule has 1 saturated carbocycles. The lowest BCUT2D eigenvalue weighted by Crippen LogP contribution is -2.37. The number of hydrogen-bond donors (Lipinski definition) is 2. The largest absolute Gasteiger partial charge is 0.328 e. The molecule has 1 aromatic carbocycles. The van der Waals surface area contributed by atoms with E-state index < -0.39 is 0 Å². The topological polar surface area (TPSA) is 38.0 Å². The van der Waals surface area contributed by atoms with Crippen LogP contribution in [0.2, 0.25) is 0 Å². The van der Waals surface area contributed by atoms with E-state index in [0.717, 1.165) is 6.54 Å². The smallest absolute Gasteiger partial charge is 0.0208 e. The minimum atomic E-state index is 0.438. The maximum Gasteiger partial charge on any atom is 0.0208 e. The molecule has 0 atom stereocenters. The Bertz CT molecular complexity index is 348. The standard InChI is InChI=1S/C16H26N2/c1-12(2)14-5-3-13(4-6-14)11-18-16-9-7-15(17)8-10-16/h3-6,12,15-16,18H,7-11,17H2,1-2H3. The highest BCUT2D eigenvalue weighted by molar-refractivity contribution is 5.24. The minimum absolute atomic E-state index is 0.438. The fourth-order valence-corrected chi connectivity index (χ4v) is 2.61. The van der Waals surface area contributed by atoms with Crippen molar-refractivity contribution in [2.24, 2.45) is 5.73 Å². The van der Waals surface area contributed by atoms with Gasteiger partial charge in [0.15, 0.2) is 0 Å². The fraction of sp³-hybridized carbons (Fsp3) is 0.625. The molecule has 1 aromatic rings. The average molecular weight is 246 g/mol. The Morgan fingerprint density at radius 1 is 1.11 bits per heavy atom. The third-order valence-electron chi connectivity index (χ3n) is 4.01. The van der Waals surface area contributed by atoms with E-state index in [1.165, 1.54) is 36.8 Å². The Kier molecular flexibility index (Phi) is 4.79. The summed E-state index contributed by atoms with van der Waals surface area (Å²) in [6.45, 7) is 5.45. The van der Waals surface area contributed by atoms with E-state index in [0.29, 0.717) is 18.0 Å². The van der Waals surface area contributed by atoms with Gasteiger partial charge in [-0.1, -0.05) is 38.1 Å². The Morgan fingerprint density at radius 3 is 2.28 bits per heavy atom. The van der Waals surface area contributed by atoms with Gasteiger partial charge in [0, 0.05) is 18.6 Å². The first-order chi connectivity index (χ1) is 8.65. The van der Waals surface area contributed by atoms with Crippen molar-refractivity contribution < 1.29 is 0 Å². The van der Waals surface area contributed by atoms with Crippen LogP contribution in [0.25, 0.3) is 0 Å². The molecule has 0 saturated heterocycles. The van der Waals surface area contributed by atoms with Crippen LogP contribution < -0.4 is 11.1 Å². The number of nitrogens with two attached hydrogens (primary N) is 1. The van der Waals surface area contributed by atoms with Gasteiger partial charge < -0.3 is 11.1 Å². The lowest BCUT2D eigenvalue weighted by atomic mass is 9.91. The molecule has 0 amide bonds. The van der Waals surface area contributed by atoms with Gasteiger partial charge in [-0.2, -0.15) is 0 Å². The lowest BCUT2D eigenvalue weighted by Gasteiger charge is -2.27. The summed E-state index contributed by atoms with van der Waals surface area (Å²) in [6.07, 6.45) is 4.80. The molecule has 0 radical (unpaired) electrons. The van der Waals surface area contributed by atoms with E-state index >= 15 is 0 Å². The van der Waals surface area contributed by atoms with Gasteiger partial charge in [-0.15, -0.1) is 0 Å². The van der Waals surface area contributed by atoms with Crippen LogP contribution in [0.5, 0.6) is 0 Å². The van der Waals surface area contributed by atoms with E-state index in [9.17, 15) is 0 Å². The van der Waals surface area contributed by atoms with Gasteiger partial charge >= 0.3 is 0 Å². The molecule has 0 aliphatic heterocycles. The van der Waals surface area contributed by atoms with Gasteiger partial charge in [-0.3, -0.25) is 0 Å². The zero-order valence-corrected chi connectivity index (χ0v) is 11.7. The molecule has 0 unspecified atom stereocenters. The Balaban J connectivity index is 1.79. The third-order valence-corrected chi connectivity index (χ3v) is 4.01. The van der Waals surface area contributed by atoms with Crippen molar-refractivity contribution in [2.75, 3.05) is 0 Å². The van der Waals surface area contributed by atoms with Gasteiger partial charge in [0.1, 0.15) is 0 Å². The lowest BCUT2D eigenvalue weighted by molar-refractivity contribution is 0.342. The predicted octanol–water partition coefficient (Wildman–Crippen LogP) is 3.17. The van der Waals surface area contributed by atoms with Crippen molar-refractivity contribution in [2.45, 2.75) is 64.1 Å². The van der Waals surface area contributed by atoms with Crippen LogP contribution in [0.1, 0.15) is 56.6 Å². The predicted molar refractivity (Wildman–Crippen MR) is 77.6 cm³/mol. The first kappa shape index (κ1) is 13.6. The zero-order chi connectivity index (χ0) is 13.0. The molecule has 1 aliphatic rings.